The van der Waals surface area contributed by atoms with Gasteiger partial charge in [0.05, 0.1) is 22.8 Å². The summed E-state index contributed by atoms with van der Waals surface area (Å²) in [7, 11) is 0. The minimum Gasteiger partial charge on any atom is -0.490 e. The van der Waals surface area contributed by atoms with Crippen molar-refractivity contribution in [1.82, 2.24) is 9.80 Å². The number of amides is 1. The molecule has 2 saturated heterocycles. The van der Waals surface area contributed by atoms with E-state index in [1.165, 1.54) is 6.07 Å². The van der Waals surface area contributed by atoms with Gasteiger partial charge in [-0.05, 0) is 55.4 Å². The Morgan fingerprint density at radius 2 is 1.81 bits per heavy atom. The highest BCUT2D eigenvalue weighted by Gasteiger charge is 2.40. The summed E-state index contributed by atoms with van der Waals surface area (Å²) in [6, 6.07) is 2.31. The molecule has 1 saturated carbocycles. The quantitative estimate of drug-likeness (QED) is 0.377. The van der Waals surface area contributed by atoms with E-state index in [1.54, 1.807) is 4.90 Å². The molecule has 1 aliphatic carbocycles. The number of benzene rings is 2. The zero-order valence-corrected chi connectivity index (χ0v) is 22.9. The topological polar surface area (TPSA) is 79.3 Å². The molecule has 1 amide bonds. The smallest absolute Gasteiger partial charge is 0.416 e. The van der Waals surface area contributed by atoms with Gasteiger partial charge in [-0.25, -0.2) is 18.0 Å². The summed E-state index contributed by atoms with van der Waals surface area (Å²) >= 11 is 5.67. The van der Waals surface area contributed by atoms with Crippen LogP contribution in [-0.2, 0) is 22.3 Å². The van der Waals surface area contributed by atoms with E-state index in [0.717, 1.165) is 23.8 Å². The first-order valence-electron chi connectivity index (χ1n) is 13.3. The second-order valence-electron chi connectivity index (χ2n) is 10.9. The van der Waals surface area contributed by atoms with Crippen molar-refractivity contribution in [2.24, 2.45) is 0 Å². The summed E-state index contributed by atoms with van der Waals surface area (Å²) < 4.78 is 95.5. The number of piperidine rings is 1. The van der Waals surface area contributed by atoms with Crippen LogP contribution >= 0.6 is 11.6 Å². The fourth-order valence-corrected chi connectivity index (χ4v) is 5.44. The minimum atomic E-state index is -4.70. The second-order valence-corrected chi connectivity index (χ2v) is 11.3. The molecule has 2 aromatic rings. The first-order chi connectivity index (χ1) is 19.8. The Morgan fingerprint density at radius 3 is 2.43 bits per heavy atom. The van der Waals surface area contributed by atoms with Gasteiger partial charge in [0.25, 0.3) is 5.91 Å². The summed E-state index contributed by atoms with van der Waals surface area (Å²) in [5.74, 6) is -3.95. The number of hydrogen-bond acceptors (Lipinski definition) is 5. The van der Waals surface area contributed by atoms with Crippen molar-refractivity contribution in [3.05, 3.63) is 63.2 Å². The van der Waals surface area contributed by atoms with Gasteiger partial charge in [-0.1, -0.05) is 11.6 Å². The fraction of sp³-hybridized carbons (Fsp3) is 0.500. The van der Waals surface area contributed by atoms with Crippen LogP contribution in [0.1, 0.15) is 58.6 Å². The van der Waals surface area contributed by atoms with Crippen LogP contribution in [0.15, 0.2) is 24.3 Å². The summed E-state index contributed by atoms with van der Waals surface area (Å²) in [4.78, 5) is 27.0. The third-order valence-corrected chi connectivity index (χ3v) is 8.11. The number of hydrogen-bond donors (Lipinski definition) is 1. The summed E-state index contributed by atoms with van der Waals surface area (Å²) in [5, 5.41) is 8.68. The Bertz CT molecular complexity index is 1380. The molecule has 1 unspecified atom stereocenters. The molecule has 3 aliphatic rings. The minimum absolute atomic E-state index is 0.0242. The molecule has 0 bridgehead atoms. The summed E-state index contributed by atoms with van der Waals surface area (Å²) in [6.45, 7) is -0.916. The third-order valence-electron chi connectivity index (χ3n) is 7.84. The predicted octanol–water partition coefficient (Wildman–Crippen LogP) is 5.78. The molecule has 2 aromatic carbocycles. The predicted molar refractivity (Wildman–Crippen MR) is 137 cm³/mol. The van der Waals surface area contributed by atoms with Gasteiger partial charge in [0, 0.05) is 31.3 Å². The number of nitrogens with zero attached hydrogens (tertiary/aromatic N) is 2. The van der Waals surface area contributed by atoms with Gasteiger partial charge in [0.1, 0.15) is 36.4 Å². The van der Waals surface area contributed by atoms with Gasteiger partial charge in [0.15, 0.2) is 6.04 Å². The number of rotatable bonds is 8. The number of ether oxygens (including phenoxy) is 2. The molecule has 0 spiro atoms. The van der Waals surface area contributed by atoms with Crippen LogP contribution in [0, 0.1) is 11.6 Å². The molecule has 3 fully saturated rings. The number of likely N-dealkylation sites (tertiary alicyclic amines) is 1. The zero-order chi connectivity index (χ0) is 30.4. The molecule has 1 N–H and O–H groups in total. The number of carboxylic acids is 1. The molecule has 1 atom stereocenters. The molecule has 42 heavy (non-hydrogen) atoms. The lowest BCUT2D eigenvalue weighted by Crippen LogP contribution is -2.44. The van der Waals surface area contributed by atoms with Crippen LogP contribution < -0.4 is 4.74 Å². The number of aliphatic carboxylic acids is 1. The number of carbonyl (C=O) groups excluding carboxylic acids is 1. The van der Waals surface area contributed by atoms with Gasteiger partial charge in [-0.15, -0.1) is 0 Å². The van der Waals surface area contributed by atoms with E-state index in [2.05, 4.69) is 0 Å². The molecular weight excluding hydrogens is 594 g/mol. The van der Waals surface area contributed by atoms with Crippen molar-refractivity contribution < 1.29 is 50.5 Å². The number of carbonyl (C=O) groups is 2. The van der Waals surface area contributed by atoms with Gasteiger partial charge < -0.3 is 14.6 Å². The van der Waals surface area contributed by atoms with Crippen LogP contribution in [-0.4, -0.2) is 71.5 Å². The van der Waals surface area contributed by atoms with Gasteiger partial charge in [0.2, 0.25) is 0 Å². The van der Waals surface area contributed by atoms with E-state index in [1.807, 2.05) is 0 Å². The van der Waals surface area contributed by atoms with Crippen molar-refractivity contribution >= 4 is 23.5 Å². The van der Waals surface area contributed by atoms with Crippen LogP contribution in [0.4, 0.5) is 26.3 Å². The molecule has 14 heteroatoms. The molecular formula is C28H27ClF6N2O5. The van der Waals surface area contributed by atoms with Crippen molar-refractivity contribution in [2.75, 3.05) is 33.0 Å². The maximum atomic E-state index is 15.7. The Hall–Kier alpha value is -3.03. The molecule has 0 radical (unpaired) electrons. The average Bonchev–Trinajstić information content (AvgIpc) is 3.65. The summed E-state index contributed by atoms with van der Waals surface area (Å²) in [5.41, 5.74) is -2.97. The maximum absolute atomic E-state index is 15.7. The molecule has 5 rings (SSSR count). The fourth-order valence-electron chi connectivity index (χ4n) is 5.21. The Balaban J connectivity index is 1.24. The lowest BCUT2D eigenvalue weighted by Gasteiger charge is -2.36. The SMILES string of the molecule is O=C(O)C1COCN1C(=O)c1cc(C2CC2)c(OCC2(F)CCN(Cc3cc(C(F)(F)F)cc(Cl)c3F)CC2)cc1F. The lowest BCUT2D eigenvalue weighted by molar-refractivity contribution is -0.141. The van der Waals surface area contributed by atoms with Crippen molar-refractivity contribution in [3.8, 4) is 5.75 Å². The molecule has 2 aliphatic heterocycles. The van der Waals surface area contributed by atoms with E-state index in [0.29, 0.717) is 17.7 Å². The largest absolute Gasteiger partial charge is 0.490 e. The Kier molecular flexibility index (Phi) is 8.38. The third kappa shape index (κ3) is 6.47. The van der Waals surface area contributed by atoms with Crippen molar-refractivity contribution in [3.63, 3.8) is 0 Å². The van der Waals surface area contributed by atoms with Crippen molar-refractivity contribution in [2.45, 2.75) is 56.0 Å². The van der Waals surface area contributed by atoms with Gasteiger partial charge in [-0.3, -0.25) is 14.6 Å². The Morgan fingerprint density at radius 1 is 1.12 bits per heavy atom. The maximum Gasteiger partial charge on any atom is 0.416 e. The average molecular weight is 621 g/mol. The number of carboxylic acid groups (broad SMARTS) is 1. The second kappa shape index (κ2) is 11.6. The first-order valence-corrected chi connectivity index (χ1v) is 13.7. The van der Waals surface area contributed by atoms with Gasteiger partial charge >= 0.3 is 12.1 Å². The molecule has 0 aromatic heterocycles. The summed E-state index contributed by atoms with van der Waals surface area (Å²) in [6.07, 6.45) is -3.32. The van der Waals surface area contributed by atoms with E-state index >= 15 is 8.78 Å². The number of halogens is 7. The standard InChI is InChI=1S/C28H27ClF6N2O5/c29-20-8-17(28(33,34)35)7-16(24(20)31)11-36-5-3-27(32,4-6-36)13-42-23-10-21(30)19(9-18(23)15-1-2-15)25(38)37-14-41-12-22(37)26(39)40/h7-10,15,22H,1-6,11-14H2,(H,39,40). The van der Waals surface area contributed by atoms with E-state index in [9.17, 15) is 32.3 Å². The molecule has 2 heterocycles. The van der Waals surface area contributed by atoms with Crippen LogP contribution in [0.2, 0.25) is 5.02 Å². The van der Waals surface area contributed by atoms with Gasteiger partial charge in [-0.2, -0.15) is 13.2 Å². The highest BCUT2D eigenvalue weighted by atomic mass is 35.5. The van der Waals surface area contributed by atoms with Crippen LogP contribution in [0.5, 0.6) is 5.75 Å². The zero-order valence-electron chi connectivity index (χ0n) is 22.2. The Labute approximate surface area is 241 Å². The van der Waals surface area contributed by atoms with E-state index < -0.39 is 58.6 Å². The first kappa shape index (κ1) is 30.4. The van der Waals surface area contributed by atoms with Crippen LogP contribution in [0.3, 0.4) is 0 Å². The highest BCUT2D eigenvalue weighted by Crippen LogP contribution is 2.46. The van der Waals surface area contributed by atoms with Crippen molar-refractivity contribution in [1.29, 1.82) is 0 Å². The van der Waals surface area contributed by atoms with E-state index in [-0.39, 0.29) is 68.6 Å². The normalized spacial score (nSPS) is 21.0. The molecule has 228 valence electrons. The lowest BCUT2D eigenvalue weighted by atomic mass is 9.93. The number of alkyl halides is 4. The highest BCUT2D eigenvalue weighted by molar-refractivity contribution is 6.30. The monoisotopic (exact) mass is 620 g/mol. The van der Waals surface area contributed by atoms with Crippen LogP contribution in [0.25, 0.3) is 0 Å². The van der Waals surface area contributed by atoms with E-state index in [4.69, 9.17) is 21.1 Å². The molecule has 7 nitrogen and oxygen atoms in total.